The van der Waals surface area contributed by atoms with E-state index in [1.807, 2.05) is 0 Å². The van der Waals surface area contributed by atoms with Gasteiger partial charge < -0.3 is 14.9 Å². The van der Waals surface area contributed by atoms with Gasteiger partial charge in [-0.05, 0) is 19.3 Å². The summed E-state index contributed by atoms with van der Waals surface area (Å²) in [6, 6.07) is 0. The van der Waals surface area contributed by atoms with Crippen molar-refractivity contribution >= 4 is 5.97 Å². The van der Waals surface area contributed by atoms with Crippen molar-refractivity contribution in [2.45, 2.75) is 25.4 Å². The van der Waals surface area contributed by atoms with Crippen molar-refractivity contribution in [3.05, 3.63) is 0 Å². The number of aliphatic hydroxyl groups is 2. The highest BCUT2D eigenvalue weighted by Gasteiger charge is 2.13. The van der Waals surface area contributed by atoms with Crippen molar-refractivity contribution in [2.24, 2.45) is 0 Å². The van der Waals surface area contributed by atoms with Crippen LogP contribution in [0.1, 0.15) is 19.3 Å². The van der Waals surface area contributed by atoms with E-state index in [4.69, 9.17) is 10.2 Å². The van der Waals surface area contributed by atoms with Crippen LogP contribution in [-0.2, 0) is 9.53 Å². The molecule has 66 valence electrons. The smallest absolute Gasteiger partial charge is 0.334 e. The van der Waals surface area contributed by atoms with E-state index in [9.17, 15) is 4.79 Å². The Hall–Kier alpha value is -0.610. The fraction of sp³-hybridized carbons (Fsp3) is 0.857. The molecule has 0 aliphatic rings. The van der Waals surface area contributed by atoms with Crippen molar-refractivity contribution in [2.75, 3.05) is 13.7 Å². The molecule has 0 rings (SSSR count). The van der Waals surface area contributed by atoms with E-state index in [0.717, 1.165) is 0 Å². The number of carbonyl (C=O) groups is 1. The largest absolute Gasteiger partial charge is 0.467 e. The third kappa shape index (κ3) is 4.75. The average Bonchev–Trinajstić information content (AvgIpc) is 2.03. The fourth-order valence-electron chi connectivity index (χ4n) is 0.703. The Balaban J connectivity index is 3.36. The Morgan fingerprint density at radius 1 is 1.55 bits per heavy atom. The van der Waals surface area contributed by atoms with Crippen LogP contribution in [-0.4, -0.2) is 36.0 Å². The summed E-state index contributed by atoms with van der Waals surface area (Å²) in [5, 5.41) is 17.4. The van der Waals surface area contributed by atoms with Crippen molar-refractivity contribution in [3.8, 4) is 0 Å². The molecule has 0 radical (unpaired) electrons. The number of esters is 1. The molecule has 11 heavy (non-hydrogen) atoms. The molecule has 0 fully saturated rings. The number of carbonyl (C=O) groups excluding carboxylic acids is 1. The molecule has 0 aromatic heterocycles. The maximum absolute atomic E-state index is 10.6. The molecule has 0 saturated carbocycles. The third-order valence-corrected chi connectivity index (χ3v) is 1.36. The predicted octanol–water partition coefficient (Wildman–Crippen LogP) is -0.317. The molecule has 0 spiro atoms. The van der Waals surface area contributed by atoms with Crippen LogP contribution in [0.3, 0.4) is 0 Å². The Labute approximate surface area is 65.8 Å². The summed E-state index contributed by atoms with van der Waals surface area (Å²) in [4.78, 5) is 10.6. The second kappa shape index (κ2) is 6.12. The second-order valence-corrected chi connectivity index (χ2v) is 2.26. The van der Waals surface area contributed by atoms with Crippen LogP contribution in [0, 0.1) is 0 Å². The van der Waals surface area contributed by atoms with Gasteiger partial charge in [0.1, 0.15) is 0 Å². The van der Waals surface area contributed by atoms with Gasteiger partial charge in [-0.1, -0.05) is 0 Å². The summed E-state index contributed by atoms with van der Waals surface area (Å²) in [7, 11) is 1.23. The van der Waals surface area contributed by atoms with Crippen molar-refractivity contribution < 1.29 is 19.7 Å². The van der Waals surface area contributed by atoms with Crippen LogP contribution < -0.4 is 0 Å². The number of ether oxygens (including phenoxy) is 1. The van der Waals surface area contributed by atoms with Gasteiger partial charge in [0.2, 0.25) is 0 Å². The van der Waals surface area contributed by atoms with Gasteiger partial charge in [-0.2, -0.15) is 0 Å². The van der Waals surface area contributed by atoms with Crippen molar-refractivity contribution in [1.29, 1.82) is 0 Å². The first-order valence-electron chi connectivity index (χ1n) is 3.59. The van der Waals surface area contributed by atoms with Crippen molar-refractivity contribution in [3.63, 3.8) is 0 Å². The molecule has 0 heterocycles. The lowest BCUT2D eigenvalue weighted by Gasteiger charge is -2.06. The first-order valence-corrected chi connectivity index (χ1v) is 3.59. The Morgan fingerprint density at radius 3 is 2.64 bits per heavy atom. The van der Waals surface area contributed by atoms with Gasteiger partial charge in [-0.3, -0.25) is 0 Å². The molecule has 1 atom stereocenters. The summed E-state index contributed by atoms with van der Waals surface area (Å²) in [6.07, 6.45) is 0.556. The summed E-state index contributed by atoms with van der Waals surface area (Å²) < 4.78 is 4.29. The lowest BCUT2D eigenvalue weighted by molar-refractivity contribution is -0.150. The van der Waals surface area contributed by atoms with E-state index in [2.05, 4.69) is 4.74 Å². The molecule has 0 aromatic carbocycles. The molecule has 0 amide bonds. The van der Waals surface area contributed by atoms with Gasteiger partial charge >= 0.3 is 5.97 Å². The monoisotopic (exact) mass is 162 g/mol. The number of rotatable bonds is 5. The minimum absolute atomic E-state index is 0.0912. The molecule has 4 heteroatoms. The maximum Gasteiger partial charge on any atom is 0.334 e. The van der Waals surface area contributed by atoms with Crippen LogP contribution in [0.25, 0.3) is 0 Å². The molecule has 0 saturated heterocycles. The normalized spacial score (nSPS) is 12.6. The first-order chi connectivity index (χ1) is 5.22. The molecular formula is C7H14O4. The van der Waals surface area contributed by atoms with Gasteiger partial charge in [-0.25, -0.2) is 4.79 Å². The predicted molar refractivity (Wildman–Crippen MR) is 39.0 cm³/mol. The Bertz CT molecular complexity index is 113. The summed E-state index contributed by atoms with van der Waals surface area (Å²) in [5.74, 6) is -0.608. The van der Waals surface area contributed by atoms with E-state index >= 15 is 0 Å². The highest BCUT2D eigenvalue weighted by molar-refractivity contribution is 5.74. The molecule has 4 nitrogen and oxygen atoms in total. The lowest BCUT2D eigenvalue weighted by atomic mass is 10.1. The molecule has 0 aliphatic carbocycles. The minimum atomic E-state index is -1.04. The van der Waals surface area contributed by atoms with E-state index in [0.29, 0.717) is 19.3 Å². The molecule has 0 bridgehead atoms. The van der Waals surface area contributed by atoms with E-state index in [1.54, 1.807) is 0 Å². The SMILES string of the molecule is COC(=O)C(O)CCCCO. The standard InChI is InChI=1S/C7H14O4/c1-11-7(10)6(9)4-2-3-5-8/h6,8-9H,2-5H2,1H3. The summed E-state index contributed by atoms with van der Waals surface area (Å²) in [6.45, 7) is 0.0912. The number of hydrogen-bond acceptors (Lipinski definition) is 4. The van der Waals surface area contributed by atoms with Gasteiger partial charge in [0.15, 0.2) is 6.10 Å². The van der Waals surface area contributed by atoms with Gasteiger partial charge in [0, 0.05) is 6.61 Å². The van der Waals surface area contributed by atoms with Crippen LogP contribution in [0.15, 0.2) is 0 Å². The van der Waals surface area contributed by atoms with Gasteiger partial charge in [0.25, 0.3) is 0 Å². The van der Waals surface area contributed by atoms with Crippen LogP contribution in [0.4, 0.5) is 0 Å². The van der Waals surface area contributed by atoms with Gasteiger partial charge in [0.05, 0.1) is 7.11 Å². The quantitative estimate of drug-likeness (QED) is 0.429. The van der Waals surface area contributed by atoms with Crippen LogP contribution in [0.5, 0.6) is 0 Å². The zero-order valence-corrected chi connectivity index (χ0v) is 6.62. The number of hydrogen-bond donors (Lipinski definition) is 2. The first kappa shape index (κ1) is 10.4. The number of methoxy groups -OCH3 is 1. The fourth-order valence-corrected chi connectivity index (χ4v) is 0.703. The summed E-state index contributed by atoms with van der Waals surface area (Å²) in [5.41, 5.74) is 0. The van der Waals surface area contributed by atoms with Crippen molar-refractivity contribution in [1.82, 2.24) is 0 Å². The Morgan fingerprint density at radius 2 is 2.18 bits per heavy atom. The van der Waals surface area contributed by atoms with Crippen LogP contribution >= 0.6 is 0 Å². The van der Waals surface area contributed by atoms with E-state index in [1.165, 1.54) is 7.11 Å². The van der Waals surface area contributed by atoms with E-state index in [-0.39, 0.29) is 6.61 Å². The number of unbranched alkanes of at least 4 members (excludes halogenated alkanes) is 1. The highest BCUT2D eigenvalue weighted by Crippen LogP contribution is 2.01. The second-order valence-electron chi connectivity index (χ2n) is 2.26. The zero-order chi connectivity index (χ0) is 8.69. The molecular weight excluding hydrogens is 148 g/mol. The number of aliphatic hydroxyl groups excluding tert-OH is 2. The third-order valence-electron chi connectivity index (χ3n) is 1.36. The lowest BCUT2D eigenvalue weighted by Crippen LogP contribution is -2.21. The average molecular weight is 162 g/mol. The summed E-state index contributed by atoms with van der Waals surface area (Å²) >= 11 is 0. The maximum atomic E-state index is 10.6. The molecule has 1 unspecified atom stereocenters. The van der Waals surface area contributed by atoms with Crippen LogP contribution in [0.2, 0.25) is 0 Å². The molecule has 0 aromatic rings. The minimum Gasteiger partial charge on any atom is -0.467 e. The van der Waals surface area contributed by atoms with E-state index < -0.39 is 12.1 Å². The Kier molecular flexibility index (Phi) is 5.78. The highest BCUT2D eigenvalue weighted by atomic mass is 16.5. The zero-order valence-electron chi connectivity index (χ0n) is 6.62. The molecule has 2 N–H and O–H groups in total. The van der Waals surface area contributed by atoms with Gasteiger partial charge in [-0.15, -0.1) is 0 Å². The topological polar surface area (TPSA) is 66.8 Å². The molecule has 0 aliphatic heterocycles.